The molecule has 74 valence electrons. The van der Waals surface area contributed by atoms with Crippen LogP contribution in [0.25, 0.3) is 11.5 Å². The summed E-state index contributed by atoms with van der Waals surface area (Å²) in [6, 6.07) is 0. The molecule has 5 nitrogen and oxygen atoms in total. The largest absolute Gasteiger partial charge is 0.364 e. The average molecular weight is 193 g/mol. The van der Waals surface area contributed by atoms with Crippen LogP contribution in [-0.4, -0.2) is 16.9 Å². The van der Waals surface area contributed by atoms with Crippen LogP contribution in [0.4, 0.5) is 0 Å². The number of rotatable bonds is 3. The van der Waals surface area contributed by atoms with Crippen LogP contribution < -0.4 is 5.73 Å². The lowest BCUT2D eigenvalue weighted by Gasteiger charge is -1.95. The number of nitrogens with zero attached hydrogens (tertiary/aromatic N) is 2. The van der Waals surface area contributed by atoms with Crippen molar-refractivity contribution in [2.24, 2.45) is 5.73 Å². The SMILES string of the molecule is Cc1conc1-c1oncc1CCN. The van der Waals surface area contributed by atoms with Crippen molar-refractivity contribution in [2.75, 3.05) is 6.54 Å². The number of hydrogen-bond acceptors (Lipinski definition) is 5. The van der Waals surface area contributed by atoms with Crippen LogP contribution in [0.2, 0.25) is 0 Å². The van der Waals surface area contributed by atoms with Crippen LogP contribution in [0, 0.1) is 6.92 Å². The lowest BCUT2D eigenvalue weighted by Crippen LogP contribution is -2.02. The third kappa shape index (κ3) is 1.42. The molecule has 2 heterocycles. The summed E-state index contributed by atoms with van der Waals surface area (Å²) in [5.41, 5.74) is 8.06. The Bertz CT molecular complexity index is 419. The lowest BCUT2D eigenvalue weighted by molar-refractivity contribution is 0.405. The minimum Gasteiger partial charge on any atom is -0.364 e. The first-order chi connectivity index (χ1) is 6.83. The van der Waals surface area contributed by atoms with Gasteiger partial charge in [0.05, 0.1) is 6.20 Å². The molecule has 0 amide bonds. The Morgan fingerprint density at radius 2 is 2.36 bits per heavy atom. The molecular formula is C9H11N3O2. The Kier molecular flexibility index (Phi) is 2.32. The highest BCUT2D eigenvalue weighted by Crippen LogP contribution is 2.25. The van der Waals surface area contributed by atoms with Gasteiger partial charge in [-0.05, 0) is 19.9 Å². The third-order valence-corrected chi connectivity index (χ3v) is 2.02. The molecule has 0 saturated heterocycles. The lowest BCUT2D eigenvalue weighted by atomic mass is 10.1. The highest BCUT2D eigenvalue weighted by atomic mass is 16.5. The first-order valence-corrected chi connectivity index (χ1v) is 4.38. The monoisotopic (exact) mass is 193 g/mol. The summed E-state index contributed by atoms with van der Waals surface area (Å²) in [7, 11) is 0. The van der Waals surface area contributed by atoms with Crippen LogP contribution in [0.1, 0.15) is 11.1 Å². The van der Waals surface area contributed by atoms with Crippen LogP contribution in [0.15, 0.2) is 21.5 Å². The van der Waals surface area contributed by atoms with Gasteiger partial charge in [-0.15, -0.1) is 0 Å². The topological polar surface area (TPSA) is 78.1 Å². The van der Waals surface area contributed by atoms with E-state index in [1.807, 2.05) is 6.92 Å². The molecule has 5 heteroatoms. The van der Waals surface area contributed by atoms with E-state index in [1.54, 1.807) is 12.5 Å². The first-order valence-electron chi connectivity index (χ1n) is 4.38. The number of nitrogens with two attached hydrogens (primary N) is 1. The summed E-state index contributed by atoms with van der Waals surface area (Å²) in [5.74, 6) is 0.654. The van der Waals surface area contributed by atoms with Gasteiger partial charge in [-0.2, -0.15) is 0 Å². The Morgan fingerprint density at radius 3 is 3.00 bits per heavy atom. The summed E-state index contributed by atoms with van der Waals surface area (Å²) >= 11 is 0. The second kappa shape index (κ2) is 3.63. The van der Waals surface area contributed by atoms with Crippen molar-refractivity contribution < 1.29 is 9.05 Å². The fourth-order valence-corrected chi connectivity index (χ4v) is 1.30. The predicted octanol–water partition coefficient (Wildman–Crippen LogP) is 1.14. The van der Waals surface area contributed by atoms with Gasteiger partial charge in [0.1, 0.15) is 6.26 Å². The molecule has 0 aliphatic carbocycles. The van der Waals surface area contributed by atoms with E-state index in [0.29, 0.717) is 18.0 Å². The molecule has 0 saturated carbocycles. The van der Waals surface area contributed by atoms with E-state index in [1.165, 1.54) is 0 Å². The van der Waals surface area contributed by atoms with Crippen LogP contribution in [0.3, 0.4) is 0 Å². The van der Waals surface area contributed by atoms with Crippen molar-refractivity contribution in [3.05, 3.63) is 23.6 Å². The van der Waals surface area contributed by atoms with Gasteiger partial charge < -0.3 is 14.8 Å². The van der Waals surface area contributed by atoms with E-state index in [9.17, 15) is 0 Å². The minimum atomic E-state index is 0.561. The number of hydrogen-bond donors (Lipinski definition) is 1. The number of aromatic nitrogens is 2. The van der Waals surface area contributed by atoms with Crippen LogP contribution in [0.5, 0.6) is 0 Å². The van der Waals surface area contributed by atoms with Gasteiger partial charge in [0.15, 0.2) is 11.5 Å². The van der Waals surface area contributed by atoms with Crippen molar-refractivity contribution in [1.29, 1.82) is 0 Å². The van der Waals surface area contributed by atoms with Gasteiger partial charge in [0.2, 0.25) is 0 Å². The van der Waals surface area contributed by atoms with E-state index in [4.69, 9.17) is 14.8 Å². The molecule has 0 aromatic carbocycles. The molecule has 2 rings (SSSR count). The molecule has 0 radical (unpaired) electrons. The maximum absolute atomic E-state index is 5.47. The summed E-state index contributed by atoms with van der Waals surface area (Å²) in [6.45, 7) is 2.46. The summed E-state index contributed by atoms with van der Waals surface area (Å²) < 4.78 is 9.95. The maximum Gasteiger partial charge on any atom is 0.192 e. The normalized spacial score (nSPS) is 10.7. The highest BCUT2D eigenvalue weighted by molar-refractivity contribution is 5.58. The van der Waals surface area contributed by atoms with E-state index < -0.39 is 0 Å². The van der Waals surface area contributed by atoms with Gasteiger partial charge in [-0.1, -0.05) is 10.3 Å². The molecule has 2 aromatic heterocycles. The maximum atomic E-state index is 5.47. The zero-order valence-corrected chi connectivity index (χ0v) is 7.86. The molecule has 14 heavy (non-hydrogen) atoms. The molecule has 0 spiro atoms. The van der Waals surface area contributed by atoms with E-state index in [0.717, 1.165) is 17.5 Å². The zero-order valence-electron chi connectivity index (χ0n) is 7.86. The molecule has 2 N–H and O–H groups in total. The van der Waals surface area contributed by atoms with Crippen LogP contribution in [-0.2, 0) is 6.42 Å². The molecule has 2 aromatic rings. The predicted molar refractivity (Wildman–Crippen MR) is 49.5 cm³/mol. The van der Waals surface area contributed by atoms with Crippen molar-refractivity contribution in [1.82, 2.24) is 10.3 Å². The molecule has 0 atom stereocenters. The quantitative estimate of drug-likeness (QED) is 0.790. The summed E-state index contributed by atoms with van der Waals surface area (Å²) in [4.78, 5) is 0. The second-order valence-corrected chi connectivity index (χ2v) is 3.07. The molecular weight excluding hydrogens is 182 g/mol. The van der Waals surface area contributed by atoms with Crippen molar-refractivity contribution in [3.63, 3.8) is 0 Å². The van der Waals surface area contributed by atoms with Gasteiger partial charge in [0, 0.05) is 11.1 Å². The van der Waals surface area contributed by atoms with Gasteiger partial charge in [-0.3, -0.25) is 0 Å². The third-order valence-electron chi connectivity index (χ3n) is 2.02. The van der Waals surface area contributed by atoms with Crippen molar-refractivity contribution in [2.45, 2.75) is 13.3 Å². The zero-order chi connectivity index (χ0) is 9.97. The smallest absolute Gasteiger partial charge is 0.192 e. The summed E-state index contributed by atoms with van der Waals surface area (Å²) in [5, 5.41) is 7.58. The van der Waals surface area contributed by atoms with Gasteiger partial charge >= 0.3 is 0 Å². The fourth-order valence-electron chi connectivity index (χ4n) is 1.30. The average Bonchev–Trinajstić information content (AvgIpc) is 2.74. The highest BCUT2D eigenvalue weighted by Gasteiger charge is 2.15. The molecule has 0 bridgehead atoms. The Balaban J connectivity index is 2.41. The van der Waals surface area contributed by atoms with Crippen molar-refractivity contribution >= 4 is 0 Å². The first kappa shape index (κ1) is 8.96. The fraction of sp³-hybridized carbons (Fsp3) is 0.333. The van der Waals surface area contributed by atoms with E-state index >= 15 is 0 Å². The molecule has 0 unspecified atom stereocenters. The molecule has 0 aliphatic heterocycles. The number of aryl methyl sites for hydroxylation is 1. The Morgan fingerprint density at radius 1 is 1.50 bits per heavy atom. The van der Waals surface area contributed by atoms with Crippen molar-refractivity contribution in [3.8, 4) is 11.5 Å². The molecule has 0 aliphatic rings. The Hall–Kier alpha value is -1.62. The summed E-state index contributed by atoms with van der Waals surface area (Å²) in [6.07, 6.45) is 3.96. The standard InChI is InChI=1S/C9H11N3O2/c1-6-5-13-12-8(6)9-7(2-3-10)4-11-14-9/h4-5H,2-3,10H2,1H3. The Labute approximate surface area is 80.9 Å². The van der Waals surface area contributed by atoms with Gasteiger partial charge in [-0.25, -0.2) is 0 Å². The van der Waals surface area contributed by atoms with Crippen LogP contribution >= 0.6 is 0 Å². The molecule has 0 fully saturated rings. The minimum absolute atomic E-state index is 0.561. The van der Waals surface area contributed by atoms with Gasteiger partial charge in [0.25, 0.3) is 0 Å². The van der Waals surface area contributed by atoms with E-state index in [2.05, 4.69) is 10.3 Å². The second-order valence-electron chi connectivity index (χ2n) is 3.07. The van der Waals surface area contributed by atoms with E-state index in [-0.39, 0.29) is 0 Å².